The van der Waals surface area contributed by atoms with Crippen LogP contribution < -0.4 is 0 Å². The molecule has 0 unspecified atom stereocenters. The van der Waals surface area contributed by atoms with Gasteiger partial charge in [-0.2, -0.15) is 0 Å². The predicted octanol–water partition coefficient (Wildman–Crippen LogP) is 3.96. The first-order valence-electron chi connectivity index (χ1n) is 8.67. The molecule has 0 atom stereocenters. The van der Waals surface area contributed by atoms with Crippen LogP contribution in [0.4, 0.5) is 0 Å². The van der Waals surface area contributed by atoms with Crippen LogP contribution in [-0.4, -0.2) is 21.3 Å². The SMILES string of the molecule is Cn1c(/C=N/C23CC4CC(CC(C4)C2)C3)nc2ccccc21. The molecule has 3 nitrogen and oxygen atoms in total. The van der Waals surface area contributed by atoms with Gasteiger partial charge < -0.3 is 4.57 Å². The third-order valence-electron chi connectivity index (χ3n) is 6.28. The second-order valence-electron chi connectivity index (χ2n) is 7.92. The number of hydrogen-bond donors (Lipinski definition) is 0. The molecule has 0 amide bonds. The highest BCUT2D eigenvalue weighted by Crippen LogP contribution is 2.57. The normalized spacial score (nSPS) is 36.7. The molecule has 4 saturated carbocycles. The highest BCUT2D eigenvalue weighted by Gasteiger charge is 2.50. The van der Waals surface area contributed by atoms with Gasteiger partial charge in [-0.05, 0) is 68.4 Å². The lowest BCUT2D eigenvalue weighted by atomic mass is 9.53. The van der Waals surface area contributed by atoms with Gasteiger partial charge in [-0.25, -0.2) is 4.98 Å². The molecule has 4 fully saturated rings. The van der Waals surface area contributed by atoms with E-state index >= 15 is 0 Å². The van der Waals surface area contributed by atoms with E-state index in [0.29, 0.717) is 0 Å². The van der Waals surface area contributed by atoms with E-state index in [0.717, 1.165) is 29.1 Å². The number of nitrogens with zero attached hydrogens (tertiary/aromatic N) is 3. The third-order valence-corrected chi connectivity index (χ3v) is 6.28. The number of hydrogen-bond acceptors (Lipinski definition) is 2. The van der Waals surface area contributed by atoms with Crippen molar-refractivity contribution in [3.05, 3.63) is 30.1 Å². The molecular formula is C19H23N3. The maximum absolute atomic E-state index is 5.13. The Morgan fingerprint density at radius 1 is 1.09 bits per heavy atom. The number of rotatable bonds is 2. The quantitative estimate of drug-likeness (QED) is 0.771. The van der Waals surface area contributed by atoms with Crippen LogP contribution in [0, 0.1) is 17.8 Å². The van der Waals surface area contributed by atoms with E-state index in [9.17, 15) is 0 Å². The molecule has 0 aliphatic heterocycles. The van der Waals surface area contributed by atoms with Gasteiger partial charge in [0.2, 0.25) is 0 Å². The Hall–Kier alpha value is -1.64. The molecule has 0 spiro atoms. The van der Waals surface area contributed by atoms with E-state index in [2.05, 4.69) is 42.1 Å². The second kappa shape index (κ2) is 4.43. The maximum Gasteiger partial charge on any atom is 0.151 e. The van der Waals surface area contributed by atoms with Gasteiger partial charge in [0, 0.05) is 7.05 Å². The summed E-state index contributed by atoms with van der Waals surface area (Å²) in [6.07, 6.45) is 10.4. The summed E-state index contributed by atoms with van der Waals surface area (Å²) in [6, 6.07) is 8.33. The molecule has 22 heavy (non-hydrogen) atoms. The molecule has 114 valence electrons. The monoisotopic (exact) mass is 293 g/mol. The van der Waals surface area contributed by atoms with Gasteiger partial charge in [0.1, 0.15) is 0 Å². The molecule has 3 heteroatoms. The van der Waals surface area contributed by atoms with Crippen molar-refractivity contribution in [1.29, 1.82) is 0 Å². The van der Waals surface area contributed by atoms with Crippen molar-refractivity contribution in [2.24, 2.45) is 29.8 Å². The van der Waals surface area contributed by atoms with E-state index < -0.39 is 0 Å². The Kier molecular flexibility index (Phi) is 2.59. The average Bonchev–Trinajstić information content (AvgIpc) is 2.81. The smallest absolute Gasteiger partial charge is 0.151 e. The average molecular weight is 293 g/mol. The minimum atomic E-state index is 0.243. The summed E-state index contributed by atoms with van der Waals surface area (Å²) in [5.74, 6) is 3.84. The van der Waals surface area contributed by atoms with Crippen LogP contribution in [-0.2, 0) is 7.05 Å². The maximum atomic E-state index is 5.13. The Balaban J connectivity index is 1.49. The van der Waals surface area contributed by atoms with E-state index in [1.165, 1.54) is 44.0 Å². The molecule has 4 aliphatic rings. The number of fused-ring (bicyclic) bond motifs is 1. The summed E-state index contributed by atoms with van der Waals surface area (Å²) in [4.78, 5) is 9.88. The molecule has 1 heterocycles. The molecule has 4 bridgehead atoms. The van der Waals surface area contributed by atoms with Crippen LogP contribution in [0.3, 0.4) is 0 Å². The summed E-state index contributed by atoms with van der Waals surface area (Å²) in [5, 5.41) is 0. The number of para-hydroxylation sites is 2. The van der Waals surface area contributed by atoms with Crippen LogP contribution in [0.5, 0.6) is 0 Å². The Labute approximate surface area is 131 Å². The largest absolute Gasteiger partial charge is 0.326 e. The molecule has 0 N–H and O–H groups in total. The fraction of sp³-hybridized carbons (Fsp3) is 0.579. The lowest BCUT2D eigenvalue weighted by molar-refractivity contribution is 0.00193. The second-order valence-corrected chi connectivity index (χ2v) is 7.92. The minimum Gasteiger partial charge on any atom is -0.326 e. The van der Waals surface area contributed by atoms with E-state index in [-0.39, 0.29) is 5.54 Å². The molecule has 4 aliphatic carbocycles. The predicted molar refractivity (Wildman–Crippen MR) is 89.2 cm³/mol. The van der Waals surface area contributed by atoms with Crippen LogP contribution in [0.15, 0.2) is 29.3 Å². The van der Waals surface area contributed by atoms with Gasteiger partial charge in [-0.15, -0.1) is 0 Å². The van der Waals surface area contributed by atoms with Crippen LogP contribution in [0.2, 0.25) is 0 Å². The van der Waals surface area contributed by atoms with Crippen molar-refractivity contribution in [2.45, 2.75) is 44.1 Å². The van der Waals surface area contributed by atoms with Crippen molar-refractivity contribution in [1.82, 2.24) is 9.55 Å². The summed E-state index contributed by atoms with van der Waals surface area (Å²) in [5.41, 5.74) is 2.50. The van der Waals surface area contributed by atoms with Crippen LogP contribution in [0.25, 0.3) is 11.0 Å². The van der Waals surface area contributed by atoms with Crippen molar-refractivity contribution in [2.75, 3.05) is 0 Å². The van der Waals surface area contributed by atoms with Gasteiger partial charge in [0.25, 0.3) is 0 Å². The summed E-state index contributed by atoms with van der Waals surface area (Å²) < 4.78 is 2.17. The lowest BCUT2D eigenvalue weighted by Gasteiger charge is -2.54. The highest BCUT2D eigenvalue weighted by molar-refractivity contribution is 5.85. The van der Waals surface area contributed by atoms with Gasteiger partial charge in [-0.1, -0.05) is 12.1 Å². The highest BCUT2D eigenvalue weighted by atomic mass is 15.1. The zero-order valence-electron chi connectivity index (χ0n) is 13.2. The van der Waals surface area contributed by atoms with E-state index in [1.54, 1.807) is 0 Å². The van der Waals surface area contributed by atoms with Crippen molar-refractivity contribution in [3.8, 4) is 0 Å². The number of imidazole rings is 1. The van der Waals surface area contributed by atoms with Crippen molar-refractivity contribution in [3.63, 3.8) is 0 Å². The van der Waals surface area contributed by atoms with Crippen molar-refractivity contribution < 1.29 is 0 Å². The van der Waals surface area contributed by atoms with Gasteiger partial charge in [0.05, 0.1) is 22.8 Å². The summed E-state index contributed by atoms with van der Waals surface area (Å²) in [7, 11) is 2.09. The van der Waals surface area contributed by atoms with E-state index in [1.807, 2.05) is 0 Å². The fourth-order valence-electron chi connectivity index (χ4n) is 5.70. The van der Waals surface area contributed by atoms with Gasteiger partial charge in [0.15, 0.2) is 5.82 Å². The first-order chi connectivity index (χ1) is 10.7. The summed E-state index contributed by atoms with van der Waals surface area (Å²) in [6.45, 7) is 0. The molecule has 0 radical (unpaired) electrons. The first kappa shape index (κ1) is 12.9. The Morgan fingerprint density at radius 2 is 1.73 bits per heavy atom. The third kappa shape index (κ3) is 1.87. The molecule has 1 aromatic heterocycles. The van der Waals surface area contributed by atoms with Crippen LogP contribution in [0.1, 0.15) is 44.3 Å². The van der Waals surface area contributed by atoms with Crippen molar-refractivity contribution >= 4 is 17.2 Å². The molecule has 1 aromatic carbocycles. The van der Waals surface area contributed by atoms with E-state index in [4.69, 9.17) is 9.98 Å². The fourth-order valence-corrected chi connectivity index (χ4v) is 5.70. The molecule has 6 rings (SSSR count). The number of aliphatic imine (C=N–C) groups is 1. The number of aromatic nitrogens is 2. The molecular weight excluding hydrogens is 270 g/mol. The number of benzene rings is 1. The zero-order valence-corrected chi connectivity index (χ0v) is 13.2. The first-order valence-corrected chi connectivity index (χ1v) is 8.67. The molecule has 2 aromatic rings. The summed E-state index contributed by atoms with van der Waals surface area (Å²) >= 11 is 0. The molecule has 0 saturated heterocycles. The van der Waals surface area contributed by atoms with Crippen LogP contribution >= 0.6 is 0 Å². The standard InChI is InChI=1S/C19H23N3/c1-22-17-5-3-2-4-16(17)21-18(22)12-20-19-9-13-6-14(10-19)8-15(7-13)11-19/h2-5,12-15H,6-11H2,1H3/b20-12+. The zero-order chi connectivity index (χ0) is 14.7. The Morgan fingerprint density at radius 3 is 2.36 bits per heavy atom. The van der Waals surface area contributed by atoms with Gasteiger partial charge >= 0.3 is 0 Å². The minimum absolute atomic E-state index is 0.243. The van der Waals surface area contributed by atoms with Gasteiger partial charge in [-0.3, -0.25) is 4.99 Å². The Bertz CT molecular complexity index is 720. The topological polar surface area (TPSA) is 30.2 Å². The lowest BCUT2D eigenvalue weighted by Crippen LogP contribution is -2.49. The number of aryl methyl sites for hydroxylation is 1.